The molecule has 2 rings (SSSR count). The molecule has 7 heteroatoms. The van der Waals surface area contributed by atoms with Gasteiger partial charge in [-0.15, -0.1) is 0 Å². The number of nitriles is 1. The molecule has 0 unspecified atom stereocenters. The Hall–Kier alpha value is -2.68. The van der Waals surface area contributed by atoms with E-state index >= 15 is 0 Å². The van der Waals surface area contributed by atoms with Gasteiger partial charge in [-0.25, -0.2) is 0 Å². The maximum absolute atomic E-state index is 12.1. The molecule has 2 aromatic rings. The van der Waals surface area contributed by atoms with E-state index in [0.717, 1.165) is 5.56 Å². The summed E-state index contributed by atoms with van der Waals surface area (Å²) in [5.74, 6) is -0.602. The van der Waals surface area contributed by atoms with Crippen molar-refractivity contribution in [2.75, 3.05) is 10.6 Å². The molecule has 0 bridgehead atoms. The predicted octanol–water partition coefficient (Wildman–Crippen LogP) is 4.47. The van der Waals surface area contributed by atoms with E-state index in [0.29, 0.717) is 21.4 Å². The van der Waals surface area contributed by atoms with E-state index in [9.17, 15) is 9.90 Å². The number of amides is 1. The van der Waals surface area contributed by atoms with Gasteiger partial charge in [0.2, 0.25) is 0 Å². The van der Waals surface area contributed by atoms with Crippen LogP contribution in [-0.2, 0) is 4.79 Å². The largest absolute Gasteiger partial charge is 0.506 e. The minimum absolute atomic E-state index is 0.0130. The van der Waals surface area contributed by atoms with Crippen molar-refractivity contribution >= 4 is 40.5 Å². The maximum Gasteiger partial charge on any atom is 0.267 e. The lowest BCUT2D eigenvalue weighted by molar-refractivity contribution is -0.112. The fourth-order valence-electron chi connectivity index (χ4n) is 1.84. The van der Waals surface area contributed by atoms with Gasteiger partial charge in [-0.05, 0) is 42.8 Å². The Balaban J connectivity index is 2.15. The number of aromatic hydroxyl groups is 1. The van der Waals surface area contributed by atoms with Gasteiger partial charge >= 0.3 is 0 Å². The van der Waals surface area contributed by atoms with Crippen molar-refractivity contribution in [3.05, 3.63) is 63.8 Å². The molecular formula is C17H13Cl2N3O2. The van der Waals surface area contributed by atoms with Crippen LogP contribution in [-0.4, -0.2) is 11.0 Å². The van der Waals surface area contributed by atoms with Gasteiger partial charge in [-0.3, -0.25) is 4.79 Å². The fourth-order valence-corrected chi connectivity index (χ4v) is 2.13. The third-order valence-corrected chi connectivity index (χ3v) is 3.81. The summed E-state index contributed by atoms with van der Waals surface area (Å²) in [4.78, 5) is 12.1. The monoisotopic (exact) mass is 361 g/mol. The molecule has 5 nitrogen and oxygen atoms in total. The van der Waals surface area contributed by atoms with Crippen molar-refractivity contribution in [2.24, 2.45) is 0 Å². The minimum atomic E-state index is -0.615. The molecule has 0 spiro atoms. The number of carbonyl (C=O) groups is 1. The highest BCUT2D eigenvalue weighted by atomic mass is 35.5. The smallest absolute Gasteiger partial charge is 0.267 e. The average molecular weight is 362 g/mol. The molecule has 2 aromatic carbocycles. The van der Waals surface area contributed by atoms with Crippen LogP contribution in [0.3, 0.4) is 0 Å². The first kappa shape index (κ1) is 17.7. The van der Waals surface area contributed by atoms with E-state index in [-0.39, 0.29) is 11.3 Å². The summed E-state index contributed by atoms with van der Waals surface area (Å²) < 4.78 is 0. The number of halogens is 2. The molecular weight excluding hydrogens is 349 g/mol. The standard InChI is InChI=1S/C17H13Cl2N3O2/c1-10-2-5-16(23)15(6-10)21-9-11(8-20)17(24)22-12-3-4-13(18)14(19)7-12/h2-7,9,21,23H,1H3,(H,22,24)/b11-9-. The van der Waals surface area contributed by atoms with Crippen LogP contribution in [0.4, 0.5) is 11.4 Å². The average Bonchev–Trinajstić information content (AvgIpc) is 2.54. The molecule has 3 N–H and O–H groups in total. The van der Waals surface area contributed by atoms with Crippen LogP contribution in [0.15, 0.2) is 48.2 Å². The number of anilines is 2. The van der Waals surface area contributed by atoms with Crippen molar-refractivity contribution < 1.29 is 9.90 Å². The van der Waals surface area contributed by atoms with Gasteiger partial charge in [0.05, 0.1) is 15.7 Å². The molecule has 0 aliphatic carbocycles. The lowest BCUT2D eigenvalue weighted by Gasteiger charge is -2.07. The molecule has 24 heavy (non-hydrogen) atoms. The molecule has 0 heterocycles. The van der Waals surface area contributed by atoms with Crippen molar-refractivity contribution in [1.29, 1.82) is 5.26 Å². The number of aryl methyl sites for hydroxylation is 1. The first-order valence-corrected chi connectivity index (χ1v) is 7.59. The lowest BCUT2D eigenvalue weighted by Crippen LogP contribution is -2.14. The van der Waals surface area contributed by atoms with Crippen molar-refractivity contribution in [2.45, 2.75) is 6.92 Å². The Morgan fingerprint density at radius 1 is 1.21 bits per heavy atom. The van der Waals surface area contributed by atoms with Crippen LogP contribution in [0, 0.1) is 18.3 Å². The highest BCUT2D eigenvalue weighted by Crippen LogP contribution is 2.26. The summed E-state index contributed by atoms with van der Waals surface area (Å²) in [6.45, 7) is 1.86. The third-order valence-electron chi connectivity index (χ3n) is 3.07. The number of benzene rings is 2. The fraction of sp³-hybridized carbons (Fsp3) is 0.0588. The Morgan fingerprint density at radius 3 is 2.62 bits per heavy atom. The summed E-state index contributed by atoms with van der Waals surface area (Å²) >= 11 is 11.7. The predicted molar refractivity (Wildman–Crippen MR) is 95.3 cm³/mol. The highest BCUT2D eigenvalue weighted by molar-refractivity contribution is 6.42. The van der Waals surface area contributed by atoms with Crippen molar-refractivity contribution in [3.63, 3.8) is 0 Å². The molecule has 0 aliphatic heterocycles. The van der Waals surface area contributed by atoms with Gasteiger partial charge < -0.3 is 15.7 Å². The first-order chi connectivity index (χ1) is 11.4. The molecule has 0 fully saturated rings. The van der Waals surface area contributed by atoms with E-state index in [2.05, 4.69) is 10.6 Å². The molecule has 122 valence electrons. The number of phenolic OH excluding ortho intramolecular Hbond substituents is 1. The zero-order valence-electron chi connectivity index (χ0n) is 12.6. The third kappa shape index (κ3) is 4.42. The topological polar surface area (TPSA) is 85.2 Å². The maximum atomic E-state index is 12.1. The Labute approximate surface area is 149 Å². The quantitative estimate of drug-likeness (QED) is 0.426. The number of nitrogens with zero attached hydrogens (tertiary/aromatic N) is 1. The SMILES string of the molecule is Cc1ccc(O)c(N/C=C(/C#N)C(=O)Nc2ccc(Cl)c(Cl)c2)c1. The Bertz CT molecular complexity index is 857. The number of hydrogen-bond acceptors (Lipinski definition) is 4. The number of phenols is 1. The summed E-state index contributed by atoms with van der Waals surface area (Å²) in [5, 5.41) is 24.8. The van der Waals surface area contributed by atoms with Gasteiger partial charge in [0.15, 0.2) is 0 Å². The van der Waals surface area contributed by atoms with E-state index in [4.69, 9.17) is 28.5 Å². The Morgan fingerprint density at radius 2 is 1.96 bits per heavy atom. The molecule has 0 aromatic heterocycles. The van der Waals surface area contributed by atoms with Crippen LogP contribution in [0.2, 0.25) is 10.0 Å². The van der Waals surface area contributed by atoms with E-state index in [1.807, 2.05) is 6.92 Å². The number of hydrogen-bond donors (Lipinski definition) is 3. The lowest BCUT2D eigenvalue weighted by atomic mass is 10.2. The van der Waals surface area contributed by atoms with Gasteiger partial charge in [-0.1, -0.05) is 29.3 Å². The van der Waals surface area contributed by atoms with E-state index in [1.54, 1.807) is 24.3 Å². The van der Waals surface area contributed by atoms with Crippen LogP contribution in [0.1, 0.15) is 5.56 Å². The molecule has 0 saturated heterocycles. The van der Waals surface area contributed by atoms with Gasteiger partial charge in [-0.2, -0.15) is 5.26 Å². The summed E-state index contributed by atoms with van der Waals surface area (Å²) in [5.41, 5.74) is 1.56. The highest BCUT2D eigenvalue weighted by Gasteiger charge is 2.11. The number of carbonyl (C=O) groups excluding carboxylic acids is 1. The van der Waals surface area contributed by atoms with E-state index in [1.165, 1.54) is 24.4 Å². The molecule has 0 atom stereocenters. The molecule has 0 radical (unpaired) electrons. The summed E-state index contributed by atoms with van der Waals surface area (Å²) in [7, 11) is 0. The second-order valence-electron chi connectivity index (χ2n) is 4.92. The van der Waals surface area contributed by atoms with E-state index < -0.39 is 5.91 Å². The summed E-state index contributed by atoms with van der Waals surface area (Å²) in [6, 6.07) is 11.3. The van der Waals surface area contributed by atoms with Gasteiger partial charge in [0.25, 0.3) is 5.91 Å². The van der Waals surface area contributed by atoms with Crippen LogP contribution in [0.5, 0.6) is 5.75 Å². The zero-order valence-corrected chi connectivity index (χ0v) is 14.1. The number of nitrogens with one attached hydrogen (secondary N) is 2. The van der Waals surface area contributed by atoms with Crippen molar-refractivity contribution in [3.8, 4) is 11.8 Å². The summed E-state index contributed by atoms with van der Waals surface area (Å²) in [6.07, 6.45) is 1.22. The minimum Gasteiger partial charge on any atom is -0.506 e. The van der Waals surface area contributed by atoms with Crippen molar-refractivity contribution in [1.82, 2.24) is 0 Å². The molecule has 0 aliphatic rings. The normalized spacial score (nSPS) is 10.8. The van der Waals surface area contributed by atoms with Crippen LogP contribution < -0.4 is 10.6 Å². The van der Waals surface area contributed by atoms with Crippen LogP contribution >= 0.6 is 23.2 Å². The second kappa shape index (κ2) is 7.73. The Kier molecular flexibility index (Phi) is 5.69. The number of rotatable bonds is 4. The van der Waals surface area contributed by atoms with Gasteiger partial charge in [0.1, 0.15) is 17.4 Å². The first-order valence-electron chi connectivity index (χ1n) is 6.83. The second-order valence-corrected chi connectivity index (χ2v) is 5.73. The van der Waals surface area contributed by atoms with Crippen LogP contribution in [0.25, 0.3) is 0 Å². The zero-order chi connectivity index (χ0) is 17.7. The van der Waals surface area contributed by atoms with Gasteiger partial charge in [0, 0.05) is 11.9 Å². The molecule has 0 saturated carbocycles. The molecule has 1 amide bonds.